The molecule has 0 spiro atoms. The van der Waals surface area contributed by atoms with Crippen molar-refractivity contribution in [2.24, 2.45) is 0 Å². The lowest BCUT2D eigenvalue weighted by atomic mass is 10.1. The molecule has 2 aromatic carbocycles. The number of nitrogens with zero attached hydrogens (tertiary/aromatic N) is 1. The Bertz CT molecular complexity index is 845. The first-order valence-electron chi connectivity index (χ1n) is 6.91. The lowest BCUT2D eigenvalue weighted by Gasteiger charge is -2.09. The second-order valence-corrected chi connectivity index (χ2v) is 7.52. The topological polar surface area (TPSA) is 4.93 Å². The van der Waals surface area contributed by atoms with Crippen LogP contribution in [-0.2, 0) is 0 Å². The van der Waals surface area contributed by atoms with Gasteiger partial charge in [0.2, 0.25) is 0 Å². The van der Waals surface area contributed by atoms with E-state index in [1.807, 2.05) is 0 Å². The largest absolute Gasteiger partial charge is 0.310 e. The number of halogens is 3. The molecular formula is C18H14Br3N. The van der Waals surface area contributed by atoms with Gasteiger partial charge in [-0.15, -0.1) is 0 Å². The Morgan fingerprint density at radius 2 is 1.68 bits per heavy atom. The van der Waals surface area contributed by atoms with E-state index in [1.165, 1.54) is 22.2 Å². The molecule has 3 rings (SSSR count). The highest BCUT2D eigenvalue weighted by Gasteiger charge is 2.13. The second-order valence-electron chi connectivity index (χ2n) is 5.04. The lowest BCUT2D eigenvalue weighted by molar-refractivity contribution is 1.09. The Morgan fingerprint density at radius 1 is 1.00 bits per heavy atom. The van der Waals surface area contributed by atoms with E-state index in [9.17, 15) is 0 Å². The van der Waals surface area contributed by atoms with Crippen molar-refractivity contribution in [3.05, 3.63) is 68.7 Å². The maximum absolute atomic E-state index is 3.58. The maximum Gasteiger partial charge on any atom is 0.0538 e. The number of fused-ring (bicyclic) bond motifs is 1. The van der Waals surface area contributed by atoms with Crippen molar-refractivity contribution < 1.29 is 0 Å². The number of aryl methyl sites for hydroxylation is 1. The predicted octanol–water partition coefficient (Wildman–Crippen LogP) is 6.87. The van der Waals surface area contributed by atoms with Crippen LogP contribution in [-0.4, -0.2) is 9.90 Å². The molecule has 0 aliphatic carbocycles. The monoisotopic (exact) mass is 481 g/mol. The van der Waals surface area contributed by atoms with Crippen LogP contribution < -0.4 is 0 Å². The Balaban J connectivity index is 2.34. The SMILES string of the molecule is Cc1c(/C=C\CBr)n(-c2ccc(Br)cc2)c2ccc(Br)cc12. The van der Waals surface area contributed by atoms with Gasteiger partial charge in [0.05, 0.1) is 5.52 Å². The van der Waals surface area contributed by atoms with Gasteiger partial charge in [0.15, 0.2) is 0 Å². The Hall–Kier alpha value is -0.840. The molecule has 0 saturated carbocycles. The molecule has 0 saturated heterocycles. The number of benzene rings is 2. The second kappa shape index (κ2) is 6.73. The molecule has 3 aromatic rings. The van der Waals surface area contributed by atoms with E-state index >= 15 is 0 Å². The summed E-state index contributed by atoms with van der Waals surface area (Å²) in [6.45, 7) is 2.18. The van der Waals surface area contributed by atoms with Crippen LogP contribution in [0.4, 0.5) is 0 Å². The molecule has 4 heteroatoms. The van der Waals surface area contributed by atoms with Crippen molar-refractivity contribution in [3.63, 3.8) is 0 Å². The van der Waals surface area contributed by atoms with Crippen LogP contribution in [0.15, 0.2) is 57.5 Å². The van der Waals surface area contributed by atoms with Crippen molar-refractivity contribution in [1.82, 2.24) is 4.57 Å². The summed E-state index contributed by atoms with van der Waals surface area (Å²) in [5, 5.41) is 2.12. The minimum Gasteiger partial charge on any atom is -0.310 e. The van der Waals surface area contributed by atoms with Gasteiger partial charge in [0.25, 0.3) is 0 Å². The first-order valence-corrected chi connectivity index (χ1v) is 9.61. The van der Waals surface area contributed by atoms with E-state index < -0.39 is 0 Å². The van der Waals surface area contributed by atoms with Gasteiger partial charge in [-0.3, -0.25) is 0 Å². The standard InChI is InChI=1S/C18H14Br3N/c1-12-16-11-14(21)6-9-18(16)22(17(12)3-2-10-19)15-7-4-13(20)5-8-15/h2-9,11H,10H2,1H3/b3-2-. The number of alkyl halides is 1. The highest BCUT2D eigenvalue weighted by atomic mass is 79.9. The highest BCUT2D eigenvalue weighted by molar-refractivity contribution is 9.10. The predicted molar refractivity (Wildman–Crippen MR) is 106 cm³/mol. The highest BCUT2D eigenvalue weighted by Crippen LogP contribution is 2.32. The van der Waals surface area contributed by atoms with Crippen LogP contribution in [0.25, 0.3) is 22.7 Å². The number of hydrogen-bond acceptors (Lipinski definition) is 0. The lowest BCUT2D eigenvalue weighted by Crippen LogP contribution is -1.96. The average molecular weight is 484 g/mol. The summed E-state index contributed by atoms with van der Waals surface area (Å²) in [7, 11) is 0. The molecule has 0 unspecified atom stereocenters. The van der Waals surface area contributed by atoms with E-state index in [2.05, 4.69) is 114 Å². The summed E-state index contributed by atoms with van der Waals surface area (Å²) in [6, 6.07) is 14.9. The summed E-state index contributed by atoms with van der Waals surface area (Å²) >= 11 is 10.6. The van der Waals surface area contributed by atoms with Crippen LogP contribution in [0, 0.1) is 6.92 Å². The smallest absolute Gasteiger partial charge is 0.0538 e. The van der Waals surface area contributed by atoms with E-state index in [1.54, 1.807) is 0 Å². The fourth-order valence-corrected chi connectivity index (χ4v) is 3.48. The van der Waals surface area contributed by atoms with Gasteiger partial charge in [-0.2, -0.15) is 0 Å². The van der Waals surface area contributed by atoms with Gasteiger partial charge in [0, 0.05) is 31.0 Å². The Kier molecular flexibility index (Phi) is 4.91. The third-order valence-corrected chi connectivity index (χ3v) is 5.07. The van der Waals surface area contributed by atoms with Gasteiger partial charge >= 0.3 is 0 Å². The zero-order valence-corrected chi connectivity index (χ0v) is 16.7. The molecule has 0 aliphatic rings. The molecule has 1 heterocycles. The molecule has 0 N–H and O–H groups in total. The van der Waals surface area contributed by atoms with E-state index in [0.717, 1.165) is 20.0 Å². The maximum atomic E-state index is 3.58. The van der Waals surface area contributed by atoms with Crippen molar-refractivity contribution in [2.45, 2.75) is 6.92 Å². The van der Waals surface area contributed by atoms with Gasteiger partial charge < -0.3 is 4.57 Å². The number of rotatable bonds is 3. The van der Waals surface area contributed by atoms with Gasteiger partial charge in [-0.25, -0.2) is 0 Å². The van der Waals surface area contributed by atoms with Crippen molar-refractivity contribution in [3.8, 4) is 5.69 Å². The minimum atomic E-state index is 0.845. The van der Waals surface area contributed by atoms with Gasteiger partial charge in [-0.1, -0.05) is 53.9 Å². The molecule has 0 amide bonds. The fourth-order valence-electron chi connectivity index (χ4n) is 2.66. The minimum absolute atomic E-state index is 0.845. The molecule has 0 radical (unpaired) electrons. The average Bonchev–Trinajstić information content (AvgIpc) is 2.78. The molecule has 0 fully saturated rings. The molecule has 0 bridgehead atoms. The number of allylic oxidation sites excluding steroid dienone is 1. The first kappa shape index (κ1) is 16.0. The number of aromatic nitrogens is 1. The van der Waals surface area contributed by atoms with Crippen LogP contribution in [0.5, 0.6) is 0 Å². The van der Waals surface area contributed by atoms with Crippen LogP contribution in [0.3, 0.4) is 0 Å². The first-order chi connectivity index (χ1) is 10.6. The van der Waals surface area contributed by atoms with Gasteiger partial charge in [-0.05, 0) is 61.0 Å². The quantitative estimate of drug-likeness (QED) is 0.358. The molecule has 0 atom stereocenters. The molecule has 22 heavy (non-hydrogen) atoms. The van der Waals surface area contributed by atoms with Gasteiger partial charge in [0.1, 0.15) is 0 Å². The summed E-state index contributed by atoms with van der Waals surface area (Å²) < 4.78 is 4.50. The van der Waals surface area contributed by atoms with Crippen LogP contribution in [0.1, 0.15) is 11.3 Å². The zero-order valence-electron chi connectivity index (χ0n) is 12.0. The molecule has 0 aliphatic heterocycles. The molecule has 112 valence electrons. The van der Waals surface area contributed by atoms with E-state index in [4.69, 9.17) is 0 Å². The third-order valence-electron chi connectivity index (χ3n) is 3.68. The molecular weight excluding hydrogens is 470 g/mol. The zero-order chi connectivity index (χ0) is 15.7. The molecule has 1 nitrogen and oxygen atoms in total. The third kappa shape index (κ3) is 2.97. The number of hydrogen-bond donors (Lipinski definition) is 0. The van der Waals surface area contributed by atoms with Crippen molar-refractivity contribution in [1.29, 1.82) is 0 Å². The summed E-state index contributed by atoms with van der Waals surface area (Å²) in [6.07, 6.45) is 4.31. The van der Waals surface area contributed by atoms with Crippen molar-refractivity contribution in [2.75, 3.05) is 5.33 Å². The summed E-state index contributed by atoms with van der Waals surface area (Å²) in [4.78, 5) is 0. The van der Waals surface area contributed by atoms with Crippen molar-refractivity contribution >= 4 is 64.8 Å². The van der Waals surface area contributed by atoms with E-state index in [0.29, 0.717) is 0 Å². The Morgan fingerprint density at radius 3 is 2.36 bits per heavy atom. The Labute approximate surface area is 155 Å². The molecule has 1 aromatic heterocycles. The summed E-state index contributed by atoms with van der Waals surface area (Å²) in [5.41, 5.74) is 4.89. The van der Waals surface area contributed by atoms with Crippen LogP contribution >= 0.6 is 47.8 Å². The van der Waals surface area contributed by atoms with E-state index in [-0.39, 0.29) is 0 Å². The fraction of sp³-hybridized carbons (Fsp3) is 0.111. The van der Waals surface area contributed by atoms with Crippen LogP contribution in [0.2, 0.25) is 0 Å². The summed E-state index contributed by atoms with van der Waals surface area (Å²) in [5.74, 6) is 0. The normalized spacial score (nSPS) is 11.6.